The molecule has 1 aromatic carbocycles. The average molecular weight is 384 g/mol. The van der Waals surface area contributed by atoms with E-state index >= 15 is 0 Å². The molecule has 10 N–H and O–H groups in total. The number of rotatable bonds is 8. The molecule has 1 aromatic rings. The zero-order valence-corrected chi connectivity index (χ0v) is 14.5. The summed E-state index contributed by atoms with van der Waals surface area (Å²) in [5, 5.41) is 17.5. The van der Waals surface area contributed by atoms with Crippen LogP contribution >= 0.6 is 0 Å². The minimum absolute atomic E-state index is 0.0346. The topological polar surface area (TPSA) is 222 Å². The number of esters is 2. The van der Waals surface area contributed by atoms with E-state index in [1.165, 1.54) is 12.1 Å². The second kappa shape index (κ2) is 12.4. The SMILES string of the molecule is NCC(=O)OC(=O)[C@@H](N)CCC(N)=O.N[C@@H](Cc1ccc(O)cc1)C(=O)O. The van der Waals surface area contributed by atoms with Gasteiger partial charge in [-0.3, -0.25) is 14.4 Å². The van der Waals surface area contributed by atoms with E-state index in [-0.39, 0.29) is 25.0 Å². The second-order valence-corrected chi connectivity index (χ2v) is 5.42. The Kier molecular flexibility index (Phi) is 11.0. The van der Waals surface area contributed by atoms with Gasteiger partial charge in [-0.2, -0.15) is 0 Å². The van der Waals surface area contributed by atoms with E-state index in [9.17, 15) is 19.2 Å². The maximum absolute atomic E-state index is 10.9. The molecule has 11 heteroatoms. The highest BCUT2D eigenvalue weighted by Gasteiger charge is 2.18. The summed E-state index contributed by atoms with van der Waals surface area (Å²) in [6.07, 6.45) is 0.286. The molecule has 150 valence electrons. The van der Waals surface area contributed by atoms with Crippen LogP contribution in [-0.2, 0) is 30.3 Å². The molecule has 0 unspecified atom stereocenters. The Bertz CT molecular complexity index is 649. The molecule has 0 heterocycles. The van der Waals surface area contributed by atoms with Crippen LogP contribution < -0.4 is 22.9 Å². The van der Waals surface area contributed by atoms with Crippen molar-refractivity contribution in [2.45, 2.75) is 31.3 Å². The summed E-state index contributed by atoms with van der Waals surface area (Å²) in [7, 11) is 0. The molecule has 1 rings (SSSR count). The van der Waals surface area contributed by atoms with E-state index in [2.05, 4.69) is 4.74 Å². The molecule has 0 saturated heterocycles. The fourth-order valence-corrected chi connectivity index (χ4v) is 1.62. The van der Waals surface area contributed by atoms with E-state index in [1.54, 1.807) is 12.1 Å². The number of carboxylic acids is 1. The van der Waals surface area contributed by atoms with Gasteiger partial charge in [-0.25, -0.2) is 4.79 Å². The van der Waals surface area contributed by atoms with Crippen LogP contribution in [0, 0.1) is 0 Å². The number of hydrogen-bond donors (Lipinski definition) is 6. The first-order valence-corrected chi connectivity index (χ1v) is 7.81. The van der Waals surface area contributed by atoms with Crippen molar-refractivity contribution in [3.63, 3.8) is 0 Å². The molecule has 0 radical (unpaired) electrons. The van der Waals surface area contributed by atoms with Gasteiger partial charge in [0.1, 0.15) is 17.8 Å². The zero-order chi connectivity index (χ0) is 21.0. The Morgan fingerprint density at radius 1 is 1.04 bits per heavy atom. The number of benzene rings is 1. The number of carboxylic acid groups (broad SMARTS) is 1. The summed E-state index contributed by atoms with van der Waals surface area (Å²) < 4.78 is 4.21. The molecule has 0 aliphatic heterocycles. The largest absolute Gasteiger partial charge is 0.508 e. The summed E-state index contributed by atoms with van der Waals surface area (Å²) in [5.74, 6) is -3.19. The zero-order valence-electron chi connectivity index (χ0n) is 14.5. The Morgan fingerprint density at radius 3 is 2.04 bits per heavy atom. The molecule has 27 heavy (non-hydrogen) atoms. The highest BCUT2D eigenvalue weighted by Crippen LogP contribution is 2.10. The molecule has 0 aliphatic carbocycles. The molecule has 0 bridgehead atoms. The number of aliphatic carboxylic acids is 1. The van der Waals surface area contributed by atoms with Crippen LogP contribution in [0.25, 0.3) is 0 Å². The lowest BCUT2D eigenvalue weighted by Gasteiger charge is -2.07. The second-order valence-electron chi connectivity index (χ2n) is 5.42. The minimum Gasteiger partial charge on any atom is -0.508 e. The molecule has 0 aliphatic rings. The molecule has 0 spiro atoms. The van der Waals surface area contributed by atoms with Crippen molar-refractivity contribution >= 4 is 23.8 Å². The predicted molar refractivity (Wildman–Crippen MR) is 94.0 cm³/mol. The number of phenolic OH excluding ortho intramolecular Hbond substituents is 1. The summed E-state index contributed by atoms with van der Waals surface area (Å²) in [6, 6.07) is 4.40. The number of ether oxygens (including phenoxy) is 1. The van der Waals surface area contributed by atoms with Crippen molar-refractivity contribution < 1.29 is 34.1 Å². The maximum atomic E-state index is 10.9. The van der Waals surface area contributed by atoms with E-state index in [0.29, 0.717) is 0 Å². The molecule has 2 atom stereocenters. The Morgan fingerprint density at radius 2 is 1.59 bits per heavy atom. The van der Waals surface area contributed by atoms with Crippen LogP contribution in [-0.4, -0.2) is 52.7 Å². The number of amides is 1. The summed E-state index contributed by atoms with van der Waals surface area (Å²) >= 11 is 0. The number of hydrogen-bond acceptors (Lipinski definition) is 9. The maximum Gasteiger partial charge on any atom is 0.330 e. The first kappa shape index (κ1) is 24.0. The highest BCUT2D eigenvalue weighted by molar-refractivity contribution is 5.89. The van der Waals surface area contributed by atoms with Crippen LogP contribution in [0.15, 0.2) is 24.3 Å². The third-order valence-electron chi connectivity index (χ3n) is 3.09. The first-order chi connectivity index (χ1) is 12.6. The van der Waals surface area contributed by atoms with Crippen molar-refractivity contribution in [3.8, 4) is 5.75 Å². The normalized spacial score (nSPS) is 12.1. The lowest BCUT2D eigenvalue weighted by molar-refractivity contribution is -0.159. The van der Waals surface area contributed by atoms with Crippen molar-refractivity contribution in [2.24, 2.45) is 22.9 Å². The van der Waals surface area contributed by atoms with Crippen LogP contribution in [0.3, 0.4) is 0 Å². The predicted octanol–water partition coefficient (Wildman–Crippen LogP) is -2.05. The van der Waals surface area contributed by atoms with Gasteiger partial charge >= 0.3 is 17.9 Å². The number of carbonyl (C=O) groups is 4. The van der Waals surface area contributed by atoms with Gasteiger partial charge in [0.05, 0.1) is 6.54 Å². The van der Waals surface area contributed by atoms with E-state index in [1.807, 2.05) is 0 Å². The van der Waals surface area contributed by atoms with E-state index in [4.69, 9.17) is 33.1 Å². The Balaban J connectivity index is 0.000000501. The molecule has 11 nitrogen and oxygen atoms in total. The van der Waals surface area contributed by atoms with Crippen LogP contribution in [0.1, 0.15) is 18.4 Å². The van der Waals surface area contributed by atoms with Crippen LogP contribution in [0.2, 0.25) is 0 Å². The first-order valence-electron chi connectivity index (χ1n) is 7.81. The molecule has 0 aromatic heterocycles. The average Bonchev–Trinajstić information content (AvgIpc) is 2.61. The van der Waals surface area contributed by atoms with E-state index < -0.39 is 42.4 Å². The summed E-state index contributed by atoms with van der Waals surface area (Å²) in [4.78, 5) is 42.2. The van der Waals surface area contributed by atoms with Crippen molar-refractivity contribution in [1.29, 1.82) is 0 Å². The summed E-state index contributed by atoms with van der Waals surface area (Å²) in [5.41, 5.74) is 21.2. The minimum atomic E-state index is -1.03. The van der Waals surface area contributed by atoms with Crippen LogP contribution in [0.4, 0.5) is 0 Å². The lowest BCUT2D eigenvalue weighted by Crippen LogP contribution is -2.36. The van der Waals surface area contributed by atoms with Gasteiger partial charge in [0.15, 0.2) is 0 Å². The standard InChI is InChI=1S/C9H11NO3.C7H13N3O4/c10-8(9(12)13)5-6-1-3-7(11)4-2-6;8-3-6(12)14-7(13)4(9)1-2-5(10)11/h1-4,8,11H,5,10H2,(H,12,13);4H,1-3,8-9H2,(H2,10,11)/t8-;4-/m00/s1. The molecular formula is C16H24N4O7. The van der Waals surface area contributed by atoms with Crippen LogP contribution in [0.5, 0.6) is 5.75 Å². The third kappa shape index (κ3) is 11.3. The molecule has 0 fully saturated rings. The van der Waals surface area contributed by atoms with Gasteiger partial charge in [0.25, 0.3) is 0 Å². The number of carbonyl (C=O) groups excluding carboxylic acids is 3. The van der Waals surface area contributed by atoms with Gasteiger partial charge in [0.2, 0.25) is 5.91 Å². The fraction of sp³-hybridized carbons (Fsp3) is 0.375. The highest BCUT2D eigenvalue weighted by atomic mass is 16.6. The van der Waals surface area contributed by atoms with Crippen molar-refractivity contribution in [2.75, 3.05) is 6.54 Å². The monoisotopic (exact) mass is 384 g/mol. The Hall–Kier alpha value is -3.02. The molecular weight excluding hydrogens is 360 g/mol. The van der Waals surface area contributed by atoms with Gasteiger partial charge in [0, 0.05) is 6.42 Å². The Labute approximate surface area is 155 Å². The quantitative estimate of drug-likeness (QED) is 0.212. The van der Waals surface area contributed by atoms with Gasteiger partial charge < -0.3 is 37.9 Å². The van der Waals surface area contributed by atoms with Crippen molar-refractivity contribution in [3.05, 3.63) is 29.8 Å². The fourth-order valence-electron chi connectivity index (χ4n) is 1.62. The van der Waals surface area contributed by atoms with Gasteiger partial charge in [-0.15, -0.1) is 0 Å². The van der Waals surface area contributed by atoms with E-state index in [0.717, 1.165) is 5.56 Å². The van der Waals surface area contributed by atoms with Gasteiger partial charge in [-0.05, 0) is 30.5 Å². The number of nitrogens with two attached hydrogens (primary N) is 4. The lowest BCUT2D eigenvalue weighted by atomic mass is 10.1. The molecule has 1 amide bonds. The smallest absolute Gasteiger partial charge is 0.330 e. The third-order valence-corrected chi connectivity index (χ3v) is 3.09. The number of aromatic hydroxyl groups is 1. The number of primary amides is 1. The molecule has 0 saturated carbocycles. The summed E-state index contributed by atoms with van der Waals surface area (Å²) in [6.45, 7) is -0.395. The van der Waals surface area contributed by atoms with Crippen molar-refractivity contribution in [1.82, 2.24) is 0 Å². The van der Waals surface area contributed by atoms with Gasteiger partial charge in [-0.1, -0.05) is 12.1 Å². The number of phenols is 1.